The van der Waals surface area contributed by atoms with Gasteiger partial charge in [0.1, 0.15) is 0 Å². The molecule has 0 fully saturated rings. The molecule has 6 heteroatoms. The molecule has 0 radical (unpaired) electrons. The van der Waals surface area contributed by atoms with Gasteiger partial charge in [0.05, 0.1) is 17.6 Å². The molecule has 0 aliphatic carbocycles. The topological polar surface area (TPSA) is 72.6 Å². The monoisotopic (exact) mass is 286 g/mol. The van der Waals surface area contributed by atoms with Gasteiger partial charge in [0.25, 0.3) is 0 Å². The summed E-state index contributed by atoms with van der Waals surface area (Å²) in [5.41, 5.74) is 6.39. The Balaban J connectivity index is 2.72. The zero-order chi connectivity index (χ0) is 14.5. The molecule has 0 saturated carbocycles. The number of ether oxygens (including phenoxy) is 1. The molecule has 0 aliphatic rings. The molecule has 1 aromatic rings. The SMILES string of the molecule is CC(C)OCCN(C)S(=O)(=O)c1ccc(CN)cc1. The molecule has 0 unspecified atom stereocenters. The van der Waals surface area contributed by atoms with E-state index in [-0.39, 0.29) is 11.0 Å². The third kappa shape index (κ3) is 4.58. The number of nitrogens with zero attached hydrogens (tertiary/aromatic N) is 1. The van der Waals surface area contributed by atoms with Crippen LogP contribution < -0.4 is 5.73 Å². The van der Waals surface area contributed by atoms with E-state index in [1.165, 1.54) is 4.31 Å². The molecule has 0 aliphatic heterocycles. The van der Waals surface area contributed by atoms with Crippen LogP contribution in [0.15, 0.2) is 29.2 Å². The van der Waals surface area contributed by atoms with Gasteiger partial charge in [0, 0.05) is 20.1 Å². The highest BCUT2D eigenvalue weighted by Gasteiger charge is 2.20. The molecule has 1 rings (SSSR count). The minimum absolute atomic E-state index is 0.0972. The smallest absolute Gasteiger partial charge is 0.242 e. The van der Waals surface area contributed by atoms with E-state index in [0.717, 1.165) is 5.56 Å². The van der Waals surface area contributed by atoms with Crippen molar-refractivity contribution >= 4 is 10.0 Å². The first-order valence-corrected chi connectivity index (χ1v) is 7.69. The van der Waals surface area contributed by atoms with Crippen LogP contribution in [0, 0.1) is 0 Å². The summed E-state index contributed by atoms with van der Waals surface area (Å²) in [5.74, 6) is 0. The molecule has 0 atom stereocenters. The third-order valence-corrected chi connectivity index (χ3v) is 4.60. The number of rotatable bonds is 7. The molecule has 1 aromatic carbocycles. The van der Waals surface area contributed by atoms with E-state index in [1.54, 1.807) is 31.3 Å². The normalized spacial score (nSPS) is 12.3. The second-order valence-electron chi connectivity index (χ2n) is 4.59. The van der Waals surface area contributed by atoms with Crippen molar-refractivity contribution in [2.75, 3.05) is 20.2 Å². The molecule has 0 amide bonds. The van der Waals surface area contributed by atoms with Crippen molar-refractivity contribution in [3.05, 3.63) is 29.8 Å². The van der Waals surface area contributed by atoms with Gasteiger partial charge in [-0.1, -0.05) is 12.1 Å². The van der Waals surface area contributed by atoms with Gasteiger partial charge in [-0.15, -0.1) is 0 Å². The Kier molecular flexibility index (Phi) is 5.93. The fourth-order valence-corrected chi connectivity index (χ4v) is 2.67. The Labute approximate surface area is 115 Å². The molecular formula is C13H22N2O3S. The van der Waals surface area contributed by atoms with Gasteiger partial charge in [-0.3, -0.25) is 0 Å². The quantitative estimate of drug-likeness (QED) is 0.817. The maximum Gasteiger partial charge on any atom is 0.242 e. The van der Waals surface area contributed by atoms with Crippen LogP contribution in [-0.2, 0) is 21.3 Å². The van der Waals surface area contributed by atoms with Crippen molar-refractivity contribution in [1.29, 1.82) is 0 Å². The van der Waals surface area contributed by atoms with Crippen LogP contribution in [0.3, 0.4) is 0 Å². The molecule has 19 heavy (non-hydrogen) atoms. The van der Waals surface area contributed by atoms with E-state index in [1.807, 2.05) is 13.8 Å². The summed E-state index contributed by atoms with van der Waals surface area (Å²) in [4.78, 5) is 0.275. The van der Waals surface area contributed by atoms with Gasteiger partial charge in [0.2, 0.25) is 10.0 Å². The van der Waals surface area contributed by atoms with Crippen molar-refractivity contribution in [2.24, 2.45) is 5.73 Å². The number of benzene rings is 1. The second-order valence-corrected chi connectivity index (χ2v) is 6.64. The molecular weight excluding hydrogens is 264 g/mol. The summed E-state index contributed by atoms with van der Waals surface area (Å²) < 4.78 is 31.1. The van der Waals surface area contributed by atoms with Crippen LogP contribution in [0.4, 0.5) is 0 Å². The third-order valence-electron chi connectivity index (χ3n) is 2.72. The average Bonchev–Trinajstić information content (AvgIpc) is 2.38. The Hall–Kier alpha value is -0.950. The van der Waals surface area contributed by atoms with Crippen molar-refractivity contribution < 1.29 is 13.2 Å². The number of sulfonamides is 1. The molecule has 0 saturated heterocycles. The number of nitrogens with two attached hydrogens (primary N) is 1. The average molecular weight is 286 g/mol. The molecule has 0 aromatic heterocycles. The zero-order valence-electron chi connectivity index (χ0n) is 11.7. The molecule has 0 heterocycles. The predicted octanol–water partition coefficient (Wildman–Crippen LogP) is 1.19. The summed E-state index contributed by atoms with van der Waals surface area (Å²) in [7, 11) is -1.90. The first-order chi connectivity index (χ1) is 8.87. The Morgan fingerprint density at radius 1 is 1.26 bits per heavy atom. The largest absolute Gasteiger partial charge is 0.377 e. The van der Waals surface area contributed by atoms with E-state index in [9.17, 15) is 8.42 Å². The number of hydrogen-bond acceptors (Lipinski definition) is 4. The van der Waals surface area contributed by atoms with Crippen molar-refractivity contribution in [2.45, 2.75) is 31.4 Å². The highest BCUT2D eigenvalue weighted by atomic mass is 32.2. The van der Waals surface area contributed by atoms with E-state index in [4.69, 9.17) is 10.5 Å². The molecule has 0 spiro atoms. The van der Waals surface area contributed by atoms with E-state index in [2.05, 4.69) is 0 Å². The van der Waals surface area contributed by atoms with E-state index < -0.39 is 10.0 Å². The summed E-state index contributed by atoms with van der Waals surface area (Å²) >= 11 is 0. The standard InChI is InChI=1S/C13H22N2O3S/c1-11(2)18-9-8-15(3)19(16,17)13-6-4-12(10-14)5-7-13/h4-7,11H,8-10,14H2,1-3H3. The lowest BCUT2D eigenvalue weighted by Crippen LogP contribution is -2.30. The van der Waals surface area contributed by atoms with Crippen LogP contribution in [-0.4, -0.2) is 39.0 Å². The van der Waals surface area contributed by atoms with E-state index >= 15 is 0 Å². The van der Waals surface area contributed by atoms with Gasteiger partial charge < -0.3 is 10.5 Å². The maximum absolute atomic E-state index is 12.2. The van der Waals surface area contributed by atoms with Crippen LogP contribution in [0.2, 0.25) is 0 Å². The fourth-order valence-electron chi connectivity index (χ4n) is 1.51. The lowest BCUT2D eigenvalue weighted by molar-refractivity contribution is 0.0737. The summed E-state index contributed by atoms with van der Waals surface area (Å²) in [6.07, 6.45) is 0.0972. The van der Waals surface area contributed by atoms with Crippen LogP contribution in [0.1, 0.15) is 19.4 Å². The summed E-state index contributed by atoms with van der Waals surface area (Å²) in [6.45, 7) is 4.95. The van der Waals surface area contributed by atoms with Gasteiger partial charge in [0.15, 0.2) is 0 Å². The van der Waals surface area contributed by atoms with Crippen molar-refractivity contribution in [3.63, 3.8) is 0 Å². The Morgan fingerprint density at radius 2 is 1.84 bits per heavy atom. The zero-order valence-corrected chi connectivity index (χ0v) is 12.5. The lowest BCUT2D eigenvalue weighted by Gasteiger charge is -2.18. The summed E-state index contributed by atoms with van der Waals surface area (Å²) in [6, 6.07) is 6.62. The van der Waals surface area contributed by atoms with Gasteiger partial charge >= 0.3 is 0 Å². The minimum Gasteiger partial charge on any atom is -0.377 e. The number of hydrogen-bond donors (Lipinski definition) is 1. The molecule has 2 N–H and O–H groups in total. The fraction of sp³-hybridized carbons (Fsp3) is 0.538. The highest BCUT2D eigenvalue weighted by Crippen LogP contribution is 2.14. The van der Waals surface area contributed by atoms with Crippen molar-refractivity contribution in [3.8, 4) is 0 Å². The maximum atomic E-state index is 12.2. The highest BCUT2D eigenvalue weighted by molar-refractivity contribution is 7.89. The van der Waals surface area contributed by atoms with Crippen LogP contribution in [0.25, 0.3) is 0 Å². The molecule has 108 valence electrons. The van der Waals surface area contributed by atoms with Crippen molar-refractivity contribution in [1.82, 2.24) is 4.31 Å². The summed E-state index contributed by atoms with van der Waals surface area (Å²) in [5, 5.41) is 0. The molecule has 0 bridgehead atoms. The van der Waals surface area contributed by atoms with Gasteiger partial charge in [-0.2, -0.15) is 4.31 Å². The second kappa shape index (κ2) is 7.00. The predicted molar refractivity (Wildman–Crippen MR) is 75.2 cm³/mol. The van der Waals surface area contributed by atoms with Gasteiger partial charge in [-0.25, -0.2) is 8.42 Å². The van der Waals surface area contributed by atoms with Gasteiger partial charge in [-0.05, 0) is 31.5 Å². The lowest BCUT2D eigenvalue weighted by atomic mass is 10.2. The Bertz CT molecular complexity index is 483. The first-order valence-electron chi connectivity index (χ1n) is 6.25. The molecule has 5 nitrogen and oxygen atoms in total. The Morgan fingerprint density at radius 3 is 2.32 bits per heavy atom. The first kappa shape index (κ1) is 16.1. The number of likely N-dealkylation sites (N-methyl/N-ethyl adjacent to an activating group) is 1. The van der Waals surface area contributed by atoms with E-state index in [0.29, 0.717) is 19.7 Å². The van der Waals surface area contributed by atoms with Crippen LogP contribution >= 0.6 is 0 Å². The minimum atomic E-state index is -3.45. The van der Waals surface area contributed by atoms with Crippen LogP contribution in [0.5, 0.6) is 0 Å².